The molecule has 0 amide bonds. The summed E-state index contributed by atoms with van der Waals surface area (Å²) in [5.74, 6) is 4.76. The number of nitrogens with one attached hydrogen (secondary N) is 1. The summed E-state index contributed by atoms with van der Waals surface area (Å²) in [5.41, 5.74) is 4.14. The number of ether oxygens (including phenoxy) is 4. The largest absolute Gasteiger partial charge is 0.454 e. The lowest BCUT2D eigenvalue weighted by molar-refractivity contribution is 0.173. The van der Waals surface area contributed by atoms with Gasteiger partial charge in [0.2, 0.25) is 19.9 Å². The van der Waals surface area contributed by atoms with E-state index in [0.717, 1.165) is 76.7 Å². The van der Waals surface area contributed by atoms with Crippen LogP contribution in [0.3, 0.4) is 0 Å². The van der Waals surface area contributed by atoms with E-state index >= 15 is 0 Å². The van der Waals surface area contributed by atoms with E-state index in [1.807, 2.05) is 42.9 Å². The first-order valence-corrected chi connectivity index (χ1v) is 14.0. The lowest BCUT2D eigenvalue weighted by Gasteiger charge is -2.34. The number of imidazole rings is 1. The van der Waals surface area contributed by atoms with Crippen molar-refractivity contribution in [3.05, 3.63) is 84.8 Å². The van der Waals surface area contributed by atoms with E-state index in [0.29, 0.717) is 15.5 Å². The zero-order chi connectivity index (χ0) is 27.9. The van der Waals surface area contributed by atoms with Gasteiger partial charge in [0.05, 0.1) is 19.8 Å². The Hall–Kier alpha value is -4.60. The van der Waals surface area contributed by atoms with Gasteiger partial charge in [0.1, 0.15) is 29.9 Å². The summed E-state index contributed by atoms with van der Waals surface area (Å²) >= 11 is 0. The topological polar surface area (TPSA) is 78.0 Å². The zero-order valence-corrected chi connectivity index (χ0v) is 23.2. The predicted molar refractivity (Wildman–Crippen MR) is 159 cm³/mol. The predicted octanol–water partition coefficient (Wildman–Crippen LogP) is 6.62. The van der Waals surface area contributed by atoms with E-state index in [1.165, 1.54) is 0 Å². The highest BCUT2D eigenvalue weighted by Gasteiger charge is 2.41. The normalized spacial score (nSPS) is 18.4. The molecule has 9 heteroatoms. The summed E-state index contributed by atoms with van der Waals surface area (Å²) in [4.78, 5) is 13.5. The first kappa shape index (κ1) is 25.4. The van der Waals surface area contributed by atoms with Gasteiger partial charge in [0.25, 0.3) is 5.82 Å². The van der Waals surface area contributed by atoms with Crippen LogP contribution in [0.25, 0.3) is 11.4 Å². The van der Waals surface area contributed by atoms with E-state index in [4.69, 9.17) is 23.9 Å². The fraction of sp³-hybridized carbons (Fsp3) is 0.250. The molecule has 0 saturated heterocycles. The molecule has 41 heavy (non-hydrogen) atoms. The van der Waals surface area contributed by atoms with Crippen LogP contribution in [0.5, 0.6) is 23.0 Å². The lowest BCUT2D eigenvalue weighted by atomic mass is 10.1. The molecular formula is C32H33N5O4+2. The first-order chi connectivity index (χ1) is 20.1. The lowest BCUT2D eigenvalue weighted by Crippen LogP contribution is -2.44. The highest BCUT2D eigenvalue weighted by atomic mass is 16.7. The summed E-state index contributed by atoms with van der Waals surface area (Å²) in [6.45, 7) is 4.12. The molecule has 4 aromatic rings. The number of aromatic amines is 1. The van der Waals surface area contributed by atoms with E-state index in [2.05, 4.69) is 66.5 Å². The van der Waals surface area contributed by atoms with E-state index in [1.54, 1.807) is 0 Å². The summed E-state index contributed by atoms with van der Waals surface area (Å²) in [6, 6.07) is 22.6. The zero-order valence-electron chi connectivity index (χ0n) is 23.2. The molecule has 0 saturated carbocycles. The van der Waals surface area contributed by atoms with Crippen LogP contribution < -0.4 is 27.9 Å². The molecule has 0 bridgehead atoms. The minimum atomic E-state index is 0.223. The van der Waals surface area contributed by atoms with Gasteiger partial charge in [-0.15, -0.1) is 0 Å². The smallest absolute Gasteiger partial charge is 0.265 e. The molecule has 1 atom stereocenters. The molecule has 9 nitrogen and oxygen atoms in total. The number of aliphatic imine (C=N–C) groups is 1. The molecule has 0 fully saturated rings. The molecule has 1 aromatic heterocycles. The van der Waals surface area contributed by atoms with Gasteiger partial charge in [-0.1, -0.05) is 43.7 Å². The molecule has 3 aromatic carbocycles. The second-order valence-corrected chi connectivity index (χ2v) is 10.7. The number of aromatic nitrogens is 2. The summed E-state index contributed by atoms with van der Waals surface area (Å²) in [6.07, 6.45) is 8.13. The maximum absolute atomic E-state index is 5.79. The van der Waals surface area contributed by atoms with Crippen molar-refractivity contribution in [3.63, 3.8) is 0 Å². The van der Waals surface area contributed by atoms with Crippen LogP contribution >= 0.6 is 0 Å². The molecule has 7 rings (SSSR count). The number of nitrogens with zero attached hydrogens (tertiary/aromatic N) is 4. The van der Waals surface area contributed by atoms with Crippen molar-refractivity contribution in [1.82, 2.24) is 18.9 Å². The number of hydrogen-bond donors (Lipinski definition) is 1. The van der Waals surface area contributed by atoms with E-state index < -0.39 is 0 Å². The second kappa shape index (κ2) is 10.1. The van der Waals surface area contributed by atoms with Gasteiger partial charge in [0, 0.05) is 29.8 Å². The number of rotatable bonds is 9. The Balaban J connectivity index is 1.39. The van der Waals surface area contributed by atoms with Gasteiger partial charge >= 0.3 is 0 Å². The highest BCUT2D eigenvalue weighted by Crippen LogP contribution is 2.46. The van der Waals surface area contributed by atoms with Crippen molar-refractivity contribution < 1.29 is 18.9 Å². The third-order valence-corrected chi connectivity index (χ3v) is 8.10. The van der Waals surface area contributed by atoms with E-state index in [9.17, 15) is 0 Å². The average molecular weight is 552 g/mol. The Labute approximate surface area is 239 Å². The quantitative estimate of drug-likeness (QED) is 0.237. The van der Waals surface area contributed by atoms with Crippen LogP contribution in [0.15, 0.2) is 84.1 Å². The molecule has 0 spiro atoms. The van der Waals surface area contributed by atoms with Crippen LogP contribution in [-0.4, -0.2) is 43.5 Å². The maximum atomic E-state index is 5.79. The Bertz CT molecular complexity index is 1580. The third kappa shape index (κ3) is 4.43. The van der Waals surface area contributed by atoms with Crippen molar-refractivity contribution in [3.8, 4) is 34.4 Å². The molecule has 1 unspecified atom stereocenters. The number of quaternary nitrogens is 2. The molecule has 0 aliphatic carbocycles. The Morgan fingerprint density at radius 2 is 1.51 bits per heavy atom. The number of hydrogen-bond acceptors (Lipinski definition) is 6. The van der Waals surface area contributed by atoms with Crippen molar-refractivity contribution in [2.75, 3.05) is 27.2 Å². The molecule has 4 heterocycles. The van der Waals surface area contributed by atoms with Gasteiger partial charge in [-0.2, -0.15) is 4.98 Å². The molecule has 1 N–H and O–H groups in total. The number of benzene rings is 3. The SMILES string of the molecule is CCCC[N+]1(c2nc(-c3ccccc3)[nH]c2C[N+](C)(c2ccc3c(c2)OCO3)c2ccc3c(c2)OCO3)C=CN=C1. The Kier molecular flexibility index (Phi) is 6.25. The van der Waals surface area contributed by atoms with Crippen LogP contribution in [-0.2, 0) is 6.54 Å². The minimum absolute atomic E-state index is 0.223. The Morgan fingerprint density at radius 3 is 2.12 bits per heavy atom. The van der Waals surface area contributed by atoms with Crippen LogP contribution in [0.1, 0.15) is 25.5 Å². The van der Waals surface area contributed by atoms with Crippen LogP contribution in [0, 0.1) is 0 Å². The van der Waals surface area contributed by atoms with Gasteiger partial charge in [-0.3, -0.25) is 4.48 Å². The average Bonchev–Trinajstić information content (AvgIpc) is 3.82. The molecule has 208 valence electrons. The third-order valence-electron chi connectivity index (χ3n) is 8.10. The minimum Gasteiger partial charge on any atom is -0.454 e. The van der Waals surface area contributed by atoms with Gasteiger partial charge in [-0.05, 0) is 18.6 Å². The van der Waals surface area contributed by atoms with Gasteiger partial charge in [0.15, 0.2) is 28.7 Å². The second-order valence-electron chi connectivity index (χ2n) is 10.7. The fourth-order valence-electron chi connectivity index (χ4n) is 5.76. The number of H-pyrrole nitrogens is 1. The maximum Gasteiger partial charge on any atom is 0.265 e. The first-order valence-electron chi connectivity index (χ1n) is 14.0. The number of fused-ring (bicyclic) bond motifs is 2. The summed E-state index contributed by atoms with van der Waals surface area (Å²) in [5, 5.41) is 0. The van der Waals surface area contributed by atoms with Crippen LogP contribution in [0.4, 0.5) is 17.2 Å². The number of unbranched alkanes of at least 4 members (excludes halogenated alkanes) is 1. The van der Waals surface area contributed by atoms with Gasteiger partial charge < -0.3 is 23.9 Å². The highest BCUT2D eigenvalue weighted by molar-refractivity contribution is 5.79. The van der Waals surface area contributed by atoms with Crippen LogP contribution in [0.2, 0.25) is 0 Å². The molecular weight excluding hydrogens is 518 g/mol. The Morgan fingerprint density at radius 1 is 0.854 bits per heavy atom. The van der Waals surface area contributed by atoms with Crippen molar-refractivity contribution in [2.24, 2.45) is 4.99 Å². The monoisotopic (exact) mass is 551 g/mol. The summed E-state index contributed by atoms with van der Waals surface area (Å²) in [7, 11) is 2.20. The van der Waals surface area contributed by atoms with Crippen molar-refractivity contribution >= 4 is 23.5 Å². The summed E-state index contributed by atoms with van der Waals surface area (Å²) < 4.78 is 23.7. The molecule has 3 aliphatic heterocycles. The molecule has 3 aliphatic rings. The van der Waals surface area contributed by atoms with Gasteiger partial charge in [-0.25, -0.2) is 9.48 Å². The standard InChI is InChI=1S/C32H33N5O4/c1-3-4-15-37(16-14-33-20-37)32-26(34-31(35-32)23-8-6-5-7-9-23)19-36(2,24-10-12-27-29(17-24)40-21-38-27)25-11-13-28-30(18-25)41-22-39-28/h5-14,16-18,20H,3-4,15,19,21-22H2,1-2H3,(H,34,35)/q+2. The van der Waals surface area contributed by atoms with E-state index in [-0.39, 0.29) is 13.6 Å². The fourth-order valence-corrected chi connectivity index (χ4v) is 5.76. The van der Waals surface area contributed by atoms with Crippen molar-refractivity contribution in [1.29, 1.82) is 0 Å². The van der Waals surface area contributed by atoms with Crippen molar-refractivity contribution in [2.45, 2.75) is 26.3 Å². The molecule has 0 radical (unpaired) electrons.